The van der Waals surface area contributed by atoms with Crippen LogP contribution in [0, 0.1) is 6.92 Å². The van der Waals surface area contributed by atoms with Crippen LogP contribution in [0.4, 0.5) is 11.4 Å². The van der Waals surface area contributed by atoms with Gasteiger partial charge in [0.15, 0.2) is 0 Å². The molecule has 0 bridgehead atoms. The molecule has 0 aliphatic carbocycles. The molecule has 2 amide bonds. The number of carbonyl (C=O) groups excluding carboxylic acids is 2. The van der Waals surface area contributed by atoms with Gasteiger partial charge in [-0.05, 0) is 79.2 Å². The Morgan fingerprint density at radius 3 is 1.24 bits per heavy atom. The molecular formula is C27H32Cl2N6O2. The molecule has 8 nitrogen and oxygen atoms in total. The molecule has 0 radical (unpaired) electrons. The van der Waals surface area contributed by atoms with E-state index in [0.29, 0.717) is 22.5 Å². The SMILES string of the molecule is CN=C(NC)c1ccc(NC(=O)c2cc(C)cc(C(=O)Nc3ccc(C(=NC)NC)cc3)c2)cc1.Cl.Cl. The summed E-state index contributed by atoms with van der Waals surface area (Å²) in [5.74, 6) is 0.924. The average Bonchev–Trinajstić information content (AvgIpc) is 2.87. The van der Waals surface area contributed by atoms with E-state index in [0.717, 1.165) is 28.4 Å². The molecule has 0 heterocycles. The topological polar surface area (TPSA) is 107 Å². The molecule has 0 fully saturated rings. The summed E-state index contributed by atoms with van der Waals surface area (Å²) in [6, 6.07) is 19.8. The van der Waals surface area contributed by atoms with Crippen molar-refractivity contribution in [3.63, 3.8) is 0 Å². The third-order valence-electron chi connectivity index (χ3n) is 5.35. The minimum Gasteiger partial charge on any atom is -0.373 e. The van der Waals surface area contributed by atoms with Crippen molar-refractivity contribution in [1.82, 2.24) is 10.6 Å². The Bertz CT molecular complexity index is 1180. The number of nitrogens with zero attached hydrogens (tertiary/aromatic N) is 2. The van der Waals surface area contributed by atoms with Crippen LogP contribution >= 0.6 is 24.8 Å². The zero-order valence-electron chi connectivity index (χ0n) is 21.4. The highest BCUT2D eigenvalue weighted by molar-refractivity contribution is 6.09. The predicted octanol–water partition coefficient (Wildman–Crippen LogP) is 4.53. The number of halogens is 2. The molecule has 37 heavy (non-hydrogen) atoms. The van der Waals surface area contributed by atoms with Gasteiger partial charge in [-0.15, -0.1) is 24.8 Å². The van der Waals surface area contributed by atoms with E-state index < -0.39 is 0 Å². The van der Waals surface area contributed by atoms with Crippen LogP contribution in [0.5, 0.6) is 0 Å². The van der Waals surface area contributed by atoms with E-state index in [9.17, 15) is 9.59 Å². The van der Waals surface area contributed by atoms with Gasteiger partial charge < -0.3 is 21.3 Å². The van der Waals surface area contributed by atoms with Gasteiger partial charge in [0.1, 0.15) is 11.7 Å². The lowest BCUT2D eigenvalue weighted by molar-refractivity contribution is 0.102. The van der Waals surface area contributed by atoms with E-state index in [2.05, 4.69) is 31.3 Å². The second-order valence-electron chi connectivity index (χ2n) is 7.80. The van der Waals surface area contributed by atoms with Crippen LogP contribution in [0.1, 0.15) is 37.4 Å². The molecule has 0 aliphatic rings. The Labute approximate surface area is 229 Å². The Balaban J connectivity index is 0.00000342. The highest BCUT2D eigenvalue weighted by atomic mass is 35.5. The summed E-state index contributed by atoms with van der Waals surface area (Å²) in [4.78, 5) is 34.1. The normalized spacial score (nSPS) is 10.9. The van der Waals surface area contributed by atoms with Crippen LogP contribution < -0.4 is 21.3 Å². The first-order chi connectivity index (χ1) is 16.9. The molecular weight excluding hydrogens is 511 g/mol. The molecule has 10 heteroatoms. The first-order valence-electron chi connectivity index (χ1n) is 11.1. The van der Waals surface area contributed by atoms with Crippen LogP contribution in [0.15, 0.2) is 76.7 Å². The van der Waals surface area contributed by atoms with E-state index in [1.165, 1.54) is 0 Å². The maximum Gasteiger partial charge on any atom is 0.255 e. The maximum atomic E-state index is 12.9. The average molecular weight is 543 g/mol. The molecule has 0 aliphatic heterocycles. The highest BCUT2D eigenvalue weighted by Gasteiger charge is 2.13. The summed E-state index contributed by atoms with van der Waals surface area (Å²) in [6.45, 7) is 1.85. The fourth-order valence-electron chi connectivity index (χ4n) is 3.65. The number of hydrogen-bond donors (Lipinski definition) is 4. The van der Waals surface area contributed by atoms with Crippen LogP contribution in [-0.2, 0) is 0 Å². The summed E-state index contributed by atoms with van der Waals surface area (Å²) in [7, 11) is 7.03. The summed E-state index contributed by atoms with van der Waals surface area (Å²) < 4.78 is 0. The van der Waals surface area contributed by atoms with Crippen molar-refractivity contribution in [2.24, 2.45) is 9.98 Å². The Kier molecular flexibility index (Phi) is 12.3. The van der Waals surface area contributed by atoms with E-state index >= 15 is 0 Å². The lowest BCUT2D eigenvalue weighted by Gasteiger charge is -2.11. The summed E-state index contributed by atoms with van der Waals surface area (Å²) >= 11 is 0. The number of amides is 2. The smallest absolute Gasteiger partial charge is 0.255 e. The molecule has 0 saturated carbocycles. The van der Waals surface area contributed by atoms with E-state index in [4.69, 9.17) is 0 Å². The van der Waals surface area contributed by atoms with Crippen LogP contribution in [0.25, 0.3) is 0 Å². The Morgan fingerprint density at radius 2 is 0.946 bits per heavy atom. The van der Waals surface area contributed by atoms with Crippen molar-refractivity contribution >= 4 is 59.7 Å². The first kappa shape index (κ1) is 31.2. The lowest BCUT2D eigenvalue weighted by atomic mass is 10.0. The van der Waals surface area contributed by atoms with Crippen molar-refractivity contribution in [1.29, 1.82) is 0 Å². The summed E-state index contributed by atoms with van der Waals surface area (Å²) in [5.41, 5.74) is 4.74. The second kappa shape index (κ2) is 14.6. The van der Waals surface area contributed by atoms with E-state index in [-0.39, 0.29) is 36.6 Å². The van der Waals surface area contributed by atoms with Gasteiger partial charge in [0.05, 0.1) is 0 Å². The molecule has 196 valence electrons. The van der Waals surface area contributed by atoms with Gasteiger partial charge in [0.2, 0.25) is 0 Å². The number of carbonyl (C=O) groups is 2. The Hall–Kier alpha value is -3.88. The fourth-order valence-corrected chi connectivity index (χ4v) is 3.65. The highest BCUT2D eigenvalue weighted by Crippen LogP contribution is 2.17. The number of nitrogens with one attached hydrogen (secondary N) is 4. The molecule has 3 aromatic rings. The molecule has 3 aromatic carbocycles. The van der Waals surface area contributed by atoms with Crippen molar-refractivity contribution in [2.75, 3.05) is 38.8 Å². The van der Waals surface area contributed by atoms with Crippen molar-refractivity contribution in [2.45, 2.75) is 6.92 Å². The third kappa shape index (κ3) is 8.06. The molecule has 0 saturated heterocycles. The van der Waals surface area contributed by atoms with E-state index in [1.54, 1.807) is 46.4 Å². The third-order valence-corrected chi connectivity index (χ3v) is 5.35. The number of anilines is 2. The van der Waals surface area contributed by atoms with Crippen molar-refractivity contribution in [3.8, 4) is 0 Å². The van der Waals surface area contributed by atoms with Gasteiger partial charge >= 0.3 is 0 Å². The fraction of sp³-hybridized carbons (Fsp3) is 0.185. The number of benzene rings is 3. The number of amidine groups is 2. The second-order valence-corrected chi connectivity index (χ2v) is 7.80. The summed E-state index contributed by atoms with van der Waals surface area (Å²) in [5, 5.41) is 11.8. The lowest BCUT2D eigenvalue weighted by Crippen LogP contribution is -2.19. The number of hydrogen-bond acceptors (Lipinski definition) is 4. The zero-order valence-corrected chi connectivity index (χ0v) is 23.0. The molecule has 4 N–H and O–H groups in total. The predicted molar refractivity (Wildman–Crippen MR) is 158 cm³/mol. The van der Waals surface area contributed by atoms with Gasteiger partial charge in [-0.2, -0.15) is 0 Å². The first-order valence-corrected chi connectivity index (χ1v) is 11.1. The minimum atomic E-state index is -0.295. The van der Waals surface area contributed by atoms with Crippen molar-refractivity contribution < 1.29 is 9.59 Å². The van der Waals surface area contributed by atoms with Gasteiger partial charge in [0, 0.05) is 61.8 Å². The van der Waals surface area contributed by atoms with Crippen LogP contribution in [0.2, 0.25) is 0 Å². The standard InChI is InChI=1S/C27H30N6O2.2ClH/c1-17-14-20(26(34)32-22-10-6-18(7-11-22)24(28-2)29-3)16-21(15-17)27(35)33-23-12-8-19(9-13-23)25(30-4)31-5;;/h6-16H,1-5H3,(H,28,29)(H,30,31)(H,32,34)(H,33,35);2*1H. The largest absolute Gasteiger partial charge is 0.373 e. The number of aryl methyl sites for hydroxylation is 1. The molecule has 3 rings (SSSR count). The van der Waals surface area contributed by atoms with Crippen LogP contribution in [-0.4, -0.2) is 51.7 Å². The summed E-state index contributed by atoms with van der Waals surface area (Å²) in [6.07, 6.45) is 0. The number of aliphatic imine (C=N–C) groups is 2. The number of rotatable bonds is 6. The van der Waals surface area contributed by atoms with Gasteiger partial charge in [0.25, 0.3) is 11.8 Å². The van der Waals surface area contributed by atoms with Gasteiger partial charge in [-0.1, -0.05) is 0 Å². The monoisotopic (exact) mass is 542 g/mol. The Morgan fingerprint density at radius 1 is 0.595 bits per heavy atom. The quantitative estimate of drug-likeness (QED) is 0.271. The molecule has 0 aromatic heterocycles. The van der Waals surface area contributed by atoms with Crippen molar-refractivity contribution in [3.05, 3.63) is 94.5 Å². The minimum absolute atomic E-state index is 0. The molecule has 0 spiro atoms. The van der Waals surface area contributed by atoms with Gasteiger partial charge in [-0.3, -0.25) is 19.6 Å². The zero-order chi connectivity index (χ0) is 25.4. The van der Waals surface area contributed by atoms with E-state index in [1.807, 2.05) is 55.5 Å². The molecule has 0 atom stereocenters. The molecule has 0 unspecified atom stereocenters. The van der Waals surface area contributed by atoms with Gasteiger partial charge in [-0.25, -0.2) is 0 Å². The maximum absolute atomic E-state index is 12.9. The van der Waals surface area contributed by atoms with Crippen LogP contribution in [0.3, 0.4) is 0 Å².